The number of furan rings is 1. The molecule has 9 aromatic rings. The highest BCUT2D eigenvalue weighted by Crippen LogP contribution is 2.43. The van der Waals surface area contributed by atoms with Crippen molar-refractivity contribution in [2.75, 3.05) is 0 Å². The van der Waals surface area contributed by atoms with Crippen molar-refractivity contribution >= 4 is 55.2 Å². The molecule has 4 nitrogen and oxygen atoms in total. The Labute approximate surface area is 295 Å². The first kappa shape index (κ1) is 29.2. The van der Waals surface area contributed by atoms with Gasteiger partial charge < -0.3 is 9.73 Å². The summed E-state index contributed by atoms with van der Waals surface area (Å²) in [5.74, 6) is 1.61. The minimum Gasteiger partial charge on any atom is -0.455 e. The van der Waals surface area contributed by atoms with Crippen molar-refractivity contribution in [3.63, 3.8) is 0 Å². The summed E-state index contributed by atoms with van der Waals surface area (Å²) in [5.41, 5.74) is 9.38. The molecule has 8 aromatic carbocycles. The van der Waals surface area contributed by atoms with E-state index in [0.29, 0.717) is 0 Å². The van der Waals surface area contributed by atoms with Crippen LogP contribution in [0.1, 0.15) is 22.9 Å². The SMILES string of the molecule is c1ccc(C2=NC(c3ccc(-c4cccc5oc6c(-c7ccc8ccccc8c7)cccc6c45)c4ccccc34)N=C(c3ccccc3)N2)cc1. The molecule has 10 rings (SSSR count). The van der Waals surface area contributed by atoms with E-state index in [1.54, 1.807) is 0 Å². The first-order valence-electron chi connectivity index (χ1n) is 17.3. The Morgan fingerprint density at radius 2 is 1.06 bits per heavy atom. The van der Waals surface area contributed by atoms with Crippen LogP contribution in [-0.2, 0) is 0 Å². The average molecular weight is 654 g/mol. The topological polar surface area (TPSA) is 49.9 Å². The minimum atomic E-state index is -0.425. The van der Waals surface area contributed by atoms with Gasteiger partial charge in [0.05, 0.1) is 0 Å². The zero-order chi connectivity index (χ0) is 33.7. The van der Waals surface area contributed by atoms with Crippen LogP contribution in [0.15, 0.2) is 190 Å². The van der Waals surface area contributed by atoms with Gasteiger partial charge in [-0.1, -0.05) is 164 Å². The van der Waals surface area contributed by atoms with E-state index in [9.17, 15) is 0 Å². The molecule has 1 aliphatic rings. The summed E-state index contributed by atoms with van der Waals surface area (Å²) in [7, 11) is 0. The maximum atomic E-state index is 6.71. The molecule has 0 bridgehead atoms. The van der Waals surface area contributed by atoms with Crippen molar-refractivity contribution in [2.24, 2.45) is 9.98 Å². The lowest BCUT2D eigenvalue weighted by Crippen LogP contribution is -2.36. The van der Waals surface area contributed by atoms with Crippen LogP contribution in [0.5, 0.6) is 0 Å². The number of aliphatic imine (C=N–C) groups is 2. The second-order valence-electron chi connectivity index (χ2n) is 13.0. The van der Waals surface area contributed by atoms with Crippen LogP contribution in [-0.4, -0.2) is 11.7 Å². The quantitative estimate of drug-likeness (QED) is 0.201. The summed E-state index contributed by atoms with van der Waals surface area (Å²) in [6, 6.07) is 61.6. The molecule has 0 atom stereocenters. The van der Waals surface area contributed by atoms with Gasteiger partial charge in [-0.2, -0.15) is 0 Å². The molecule has 1 aliphatic heterocycles. The maximum absolute atomic E-state index is 6.71. The molecular formula is C47H31N3O. The standard InChI is InChI=1S/C47H31N3O/c1-3-14-31(15-4-1)45-48-46(32-16-5-2-6-17-32)50-47(49-45)40-28-27-38(36-19-9-10-20-37(36)40)39-22-12-24-42-43(39)41-23-11-21-35(44(41)51-42)34-26-25-30-13-7-8-18-33(30)29-34/h1-29,47H,(H,48,49,50). The first-order chi connectivity index (χ1) is 25.3. The molecule has 0 radical (unpaired) electrons. The van der Waals surface area contributed by atoms with Crippen molar-refractivity contribution in [3.05, 3.63) is 193 Å². The van der Waals surface area contributed by atoms with Crippen LogP contribution < -0.4 is 5.32 Å². The Morgan fingerprint density at radius 3 is 1.82 bits per heavy atom. The third-order valence-corrected chi connectivity index (χ3v) is 9.94. The van der Waals surface area contributed by atoms with Crippen molar-refractivity contribution in [1.29, 1.82) is 0 Å². The van der Waals surface area contributed by atoms with Crippen LogP contribution in [0.3, 0.4) is 0 Å². The van der Waals surface area contributed by atoms with Gasteiger partial charge in [0.25, 0.3) is 0 Å². The molecule has 0 aliphatic carbocycles. The highest BCUT2D eigenvalue weighted by Gasteiger charge is 2.24. The van der Waals surface area contributed by atoms with Crippen LogP contribution in [0.25, 0.3) is 65.7 Å². The van der Waals surface area contributed by atoms with Crippen molar-refractivity contribution < 1.29 is 4.42 Å². The smallest absolute Gasteiger partial charge is 0.170 e. The second kappa shape index (κ2) is 12.0. The molecule has 51 heavy (non-hydrogen) atoms. The van der Waals surface area contributed by atoms with E-state index < -0.39 is 6.17 Å². The van der Waals surface area contributed by atoms with Crippen molar-refractivity contribution in [3.8, 4) is 22.3 Å². The monoisotopic (exact) mass is 653 g/mol. The summed E-state index contributed by atoms with van der Waals surface area (Å²) in [4.78, 5) is 10.4. The molecule has 0 saturated carbocycles. The van der Waals surface area contributed by atoms with E-state index >= 15 is 0 Å². The van der Waals surface area contributed by atoms with E-state index in [4.69, 9.17) is 14.4 Å². The molecule has 0 unspecified atom stereocenters. The van der Waals surface area contributed by atoms with Crippen LogP contribution >= 0.6 is 0 Å². The fraction of sp³-hybridized carbons (Fsp3) is 0.0213. The predicted molar refractivity (Wildman–Crippen MR) is 211 cm³/mol. The largest absolute Gasteiger partial charge is 0.455 e. The van der Waals surface area contributed by atoms with Gasteiger partial charge in [-0.05, 0) is 50.4 Å². The number of rotatable bonds is 5. The van der Waals surface area contributed by atoms with Gasteiger partial charge in [-0.3, -0.25) is 0 Å². The molecule has 0 fully saturated rings. The molecule has 1 N–H and O–H groups in total. The summed E-state index contributed by atoms with van der Waals surface area (Å²) in [6.07, 6.45) is -0.425. The van der Waals surface area contributed by atoms with E-state index in [1.807, 2.05) is 36.4 Å². The number of fused-ring (bicyclic) bond motifs is 5. The second-order valence-corrected chi connectivity index (χ2v) is 13.0. The van der Waals surface area contributed by atoms with E-state index in [0.717, 1.165) is 83.3 Å². The molecule has 240 valence electrons. The summed E-state index contributed by atoms with van der Waals surface area (Å²) in [6.45, 7) is 0. The number of hydrogen-bond acceptors (Lipinski definition) is 4. The Balaban J connectivity index is 1.14. The number of amidine groups is 2. The van der Waals surface area contributed by atoms with Gasteiger partial charge in [0, 0.05) is 33.0 Å². The molecule has 2 heterocycles. The molecular weight excluding hydrogens is 623 g/mol. The highest BCUT2D eigenvalue weighted by molar-refractivity contribution is 6.18. The minimum absolute atomic E-state index is 0.425. The predicted octanol–water partition coefficient (Wildman–Crippen LogP) is 11.7. The lowest BCUT2D eigenvalue weighted by atomic mass is 9.91. The summed E-state index contributed by atoms with van der Waals surface area (Å²) in [5, 5.41) is 10.4. The van der Waals surface area contributed by atoms with Gasteiger partial charge in [0.1, 0.15) is 22.8 Å². The third-order valence-electron chi connectivity index (χ3n) is 9.94. The van der Waals surface area contributed by atoms with Gasteiger partial charge in [0.15, 0.2) is 6.17 Å². The fourth-order valence-electron chi connectivity index (χ4n) is 7.51. The zero-order valence-corrected chi connectivity index (χ0v) is 27.6. The molecule has 1 aromatic heterocycles. The van der Waals surface area contributed by atoms with Crippen molar-refractivity contribution in [2.45, 2.75) is 6.17 Å². The third kappa shape index (κ3) is 5.00. The van der Waals surface area contributed by atoms with Gasteiger partial charge >= 0.3 is 0 Å². The zero-order valence-electron chi connectivity index (χ0n) is 27.6. The Kier molecular flexibility index (Phi) is 6.85. The number of para-hydroxylation sites is 1. The van der Waals surface area contributed by atoms with E-state index in [-0.39, 0.29) is 0 Å². The first-order valence-corrected chi connectivity index (χ1v) is 17.3. The summed E-state index contributed by atoms with van der Waals surface area (Å²) < 4.78 is 6.71. The molecule has 0 amide bonds. The van der Waals surface area contributed by atoms with Crippen LogP contribution in [0.4, 0.5) is 0 Å². The number of nitrogens with one attached hydrogen (secondary N) is 1. The summed E-state index contributed by atoms with van der Waals surface area (Å²) >= 11 is 0. The van der Waals surface area contributed by atoms with Crippen LogP contribution in [0, 0.1) is 0 Å². The van der Waals surface area contributed by atoms with E-state index in [1.165, 1.54) is 10.8 Å². The normalized spacial score (nSPS) is 13.4. The Bertz CT molecular complexity index is 2780. The van der Waals surface area contributed by atoms with Gasteiger partial charge in [-0.25, -0.2) is 9.98 Å². The maximum Gasteiger partial charge on any atom is 0.170 e. The van der Waals surface area contributed by atoms with Crippen LogP contribution in [0.2, 0.25) is 0 Å². The lowest BCUT2D eigenvalue weighted by molar-refractivity contribution is 0.670. The Hall–Kier alpha value is -6.78. The van der Waals surface area contributed by atoms with Crippen molar-refractivity contribution in [1.82, 2.24) is 5.32 Å². The van der Waals surface area contributed by atoms with E-state index in [2.05, 4.69) is 145 Å². The fourth-order valence-corrected chi connectivity index (χ4v) is 7.51. The Morgan fingerprint density at radius 1 is 0.431 bits per heavy atom. The lowest BCUT2D eigenvalue weighted by Gasteiger charge is -2.23. The molecule has 4 heteroatoms. The number of hydrogen-bond donors (Lipinski definition) is 1. The molecule has 0 saturated heterocycles. The number of nitrogens with zero attached hydrogens (tertiary/aromatic N) is 2. The molecule has 0 spiro atoms. The van der Waals surface area contributed by atoms with Gasteiger partial charge in [0.2, 0.25) is 0 Å². The highest BCUT2D eigenvalue weighted by atomic mass is 16.3. The average Bonchev–Trinajstić information content (AvgIpc) is 3.60. The van der Waals surface area contributed by atoms with Gasteiger partial charge in [-0.15, -0.1) is 0 Å². The number of benzene rings is 8.